The third kappa shape index (κ3) is 3.54. The summed E-state index contributed by atoms with van der Waals surface area (Å²) in [5, 5.41) is 0. The predicted octanol–water partition coefficient (Wildman–Crippen LogP) is 3.15. The van der Waals surface area contributed by atoms with Crippen molar-refractivity contribution in [2.45, 2.75) is 10.6 Å². The van der Waals surface area contributed by atoms with Crippen LogP contribution in [-0.4, -0.2) is 15.5 Å². The van der Waals surface area contributed by atoms with Gasteiger partial charge in [-0.25, -0.2) is 12.8 Å². The SMILES string of the molecule is COc1ccc(CS(=O)(=O)c2ccc(N)cc2Br)c(F)c1. The van der Waals surface area contributed by atoms with Crippen LogP contribution in [0.4, 0.5) is 10.1 Å². The number of hydrogen-bond donors (Lipinski definition) is 1. The van der Waals surface area contributed by atoms with Crippen LogP contribution in [0.1, 0.15) is 5.56 Å². The molecule has 0 spiro atoms. The molecule has 0 saturated heterocycles. The van der Waals surface area contributed by atoms with Gasteiger partial charge in [-0.2, -0.15) is 0 Å². The van der Waals surface area contributed by atoms with E-state index in [2.05, 4.69) is 15.9 Å². The van der Waals surface area contributed by atoms with Crippen molar-refractivity contribution in [3.63, 3.8) is 0 Å². The minimum absolute atomic E-state index is 0.0759. The van der Waals surface area contributed by atoms with Crippen molar-refractivity contribution in [3.05, 3.63) is 52.3 Å². The molecular formula is C14H13BrFNO3S. The number of methoxy groups -OCH3 is 1. The Labute approximate surface area is 130 Å². The van der Waals surface area contributed by atoms with Crippen LogP contribution >= 0.6 is 15.9 Å². The molecule has 7 heteroatoms. The first kappa shape index (κ1) is 15.8. The van der Waals surface area contributed by atoms with Gasteiger partial charge in [0.25, 0.3) is 0 Å². The zero-order valence-electron chi connectivity index (χ0n) is 11.1. The highest BCUT2D eigenvalue weighted by Crippen LogP contribution is 2.28. The zero-order valence-corrected chi connectivity index (χ0v) is 13.5. The molecule has 2 rings (SSSR count). The van der Waals surface area contributed by atoms with Crippen LogP contribution in [0.2, 0.25) is 0 Å². The van der Waals surface area contributed by atoms with Gasteiger partial charge in [-0.05, 0) is 40.2 Å². The topological polar surface area (TPSA) is 69.4 Å². The maximum absolute atomic E-state index is 13.9. The Hall–Kier alpha value is -1.60. The van der Waals surface area contributed by atoms with Crippen molar-refractivity contribution >= 4 is 31.5 Å². The van der Waals surface area contributed by atoms with Gasteiger partial charge in [0.15, 0.2) is 9.84 Å². The molecule has 2 aromatic carbocycles. The fourth-order valence-electron chi connectivity index (χ4n) is 1.82. The van der Waals surface area contributed by atoms with Gasteiger partial charge < -0.3 is 10.5 Å². The number of anilines is 1. The third-order valence-corrected chi connectivity index (χ3v) is 5.53. The number of sulfone groups is 1. The second kappa shape index (κ2) is 6.03. The summed E-state index contributed by atoms with van der Waals surface area (Å²) in [5.74, 6) is -0.725. The third-order valence-electron chi connectivity index (χ3n) is 2.90. The molecule has 0 saturated carbocycles. The molecule has 112 valence electrons. The van der Waals surface area contributed by atoms with E-state index in [0.717, 1.165) is 6.07 Å². The molecule has 0 radical (unpaired) electrons. The molecule has 21 heavy (non-hydrogen) atoms. The van der Waals surface area contributed by atoms with Gasteiger partial charge in [0.2, 0.25) is 0 Å². The van der Waals surface area contributed by atoms with Crippen molar-refractivity contribution in [2.24, 2.45) is 0 Å². The standard InChI is InChI=1S/C14H13BrFNO3S/c1-20-11-4-2-9(13(16)7-11)8-21(18,19)14-5-3-10(17)6-12(14)15/h2-7H,8,17H2,1H3. The predicted molar refractivity (Wildman–Crippen MR) is 82.4 cm³/mol. The normalized spacial score (nSPS) is 11.4. The van der Waals surface area contributed by atoms with Crippen LogP contribution in [0.25, 0.3) is 0 Å². The molecule has 0 aliphatic carbocycles. The molecule has 0 bridgehead atoms. The Morgan fingerprint density at radius 2 is 1.95 bits per heavy atom. The lowest BCUT2D eigenvalue weighted by atomic mass is 10.2. The highest BCUT2D eigenvalue weighted by atomic mass is 79.9. The van der Waals surface area contributed by atoms with Gasteiger partial charge in [0.05, 0.1) is 17.8 Å². The van der Waals surface area contributed by atoms with E-state index in [4.69, 9.17) is 10.5 Å². The van der Waals surface area contributed by atoms with Gasteiger partial charge in [-0.15, -0.1) is 0 Å². The van der Waals surface area contributed by atoms with E-state index in [0.29, 0.717) is 15.9 Å². The monoisotopic (exact) mass is 373 g/mol. The van der Waals surface area contributed by atoms with Gasteiger partial charge in [-0.3, -0.25) is 0 Å². The molecule has 0 unspecified atom stereocenters. The molecule has 4 nitrogen and oxygen atoms in total. The Balaban J connectivity index is 2.37. The summed E-state index contributed by atoms with van der Waals surface area (Å²) in [6.07, 6.45) is 0. The number of hydrogen-bond acceptors (Lipinski definition) is 4. The lowest BCUT2D eigenvalue weighted by molar-refractivity contribution is 0.411. The summed E-state index contributed by atoms with van der Waals surface area (Å²) in [5.41, 5.74) is 6.10. The molecule has 2 aromatic rings. The Bertz CT molecular complexity index is 778. The minimum atomic E-state index is -3.69. The summed E-state index contributed by atoms with van der Waals surface area (Å²) in [7, 11) is -2.27. The van der Waals surface area contributed by atoms with E-state index in [1.807, 2.05) is 0 Å². The van der Waals surface area contributed by atoms with Crippen LogP contribution in [0.15, 0.2) is 45.8 Å². The summed E-state index contributed by atoms with van der Waals surface area (Å²) < 4.78 is 43.9. The van der Waals surface area contributed by atoms with Crippen LogP contribution in [0.5, 0.6) is 5.75 Å². The largest absolute Gasteiger partial charge is 0.497 e. The molecule has 0 aliphatic heterocycles. The maximum atomic E-state index is 13.9. The van der Waals surface area contributed by atoms with Gasteiger partial charge in [-0.1, -0.05) is 6.07 Å². The van der Waals surface area contributed by atoms with Gasteiger partial charge in [0.1, 0.15) is 11.6 Å². The van der Waals surface area contributed by atoms with E-state index in [1.165, 1.54) is 37.4 Å². The van der Waals surface area contributed by atoms with E-state index >= 15 is 0 Å². The molecule has 0 amide bonds. The van der Waals surface area contributed by atoms with Crippen molar-refractivity contribution in [2.75, 3.05) is 12.8 Å². The Morgan fingerprint density at radius 1 is 1.24 bits per heavy atom. The summed E-state index contributed by atoms with van der Waals surface area (Å²) >= 11 is 3.16. The number of halogens is 2. The number of nitrogen functional groups attached to an aromatic ring is 1. The minimum Gasteiger partial charge on any atom is -0.497 e. The first-order valence-electron chi connectivity index (χ1n) is 5.93. The average Bonchev–Trinajstić information content (AvgIpc) is 2.40. The quantitative estimate of drug-likeness (QED) is 0.835. The zero-order chi connectivity index (χ0) is 15.6. The van der Waals surface area contributed by atoms with E-state index in [-0.39, 0.29) is 10.5 Å². The first-order chi connectivity index (χ1) is 9.83. The van der Waals surface area contributed by atoms with Crippen LogP contribution in [0, 0.1) is 5.82 Å². The molecule has 0 atom stereocenters. The van der Waals surface area contributed by atoms with Gasteiger partial charge >= 0.3 is 0 Å². The van der Waals surface area contributed by atoms with Crippen LogP contribution in [-0.2, 0) is 15.6 Å². The van der Waals surface area contributed by atoms with Crippen molar-refractivity contribution in [3.8, 4) is 5.75 Å². The molecule has 0 heterocycles. The molecule has 2 N–H and O–H groups in total. The highest BCUT2D eigenvalue weighted by Gasteiger charge is 2.20. The highest BCUT2D eigenvalue weighted by molar-refractivity contribution is 9.10. The number of ether oxygens (including phenoxy) is 1. The Kier molecular flexibility index (Phi) is 4.53. The fourth-order valence-corrected chi connectivity index (χ4v) is 4.39. The van der Waals surface area contributed by atoms with Crippen molar-refractivity contribution < 1.29 is 17.5 Å². The number of benzene rings is 2. The van der Waals surface area contributed by atoms with Crippen molar-refractivity contribution in [1.82, 2.24) is 0 Å². The molecule has 0 fully saturated rings. The summed E-state index contributed by atoms with van der Waals surface area (Å²) in [6, 6.07) is 8.46. The maximum Gasteiger partial charge on any atom is 0.183 e. The molecular weight excluding hydrogens is 361 g/mol. The van der Waals surface area contributed by atoms with Crippen LogP contribution in [0.3, 0.4) is 0 Å². The lowest BCUT2D eigenvalue weighted by Gasteiger charge is -2.09. The lowest BCUT2D eigenvalue weighted by Crippen LogP contribution is -2.07. The van der Waals surface area contributed by atoms with E-state index < -0.39 is 21.4 Å². The summed E-state index contributed by atoms with van der Waals surface area (Å²) in [6.45, 7) is 0. The Morgan fingerprint density at radius 3 is 2.52 bits per heavy atom. The number of nitrogens with two attached hydrogens (primary N) is 1. The fraction of sp³-hybridized carbons (Fsp3) is 0.143. The van der Waals surface area contributed by atoms with E-state index in [9.17, 15) is 12.8 Å². The van der Waals surface area contributed by atoms with Crippen molar-refractivity contribution in [1.29, 1.82) is 0 Å². The van der Waals surface area contributed by atoms with E-state index in [1.54, 1.807) is 0 Å². The van der Waals surface area contributed by atoms with Gasteiger partial charge in [0, 0.05) is 21.8 Å². The number of rotatable bonds is 4. The second-order valence-corrected chi connectivity index (χ2v) is 7.22. The molecule has 0 aromatic heterocycles. The second-order valence-electron chi connectivity index (χ2n) is 4.41. The first-order valence-corrected chi connectivity index (χ1v) is 8.38. The smallest absolute Gasteiger partial charge is 0.183 e. The van der Waals surface area contributed by atoms with Crippen LogP contribution < -0.4 is 10.5 Å². The molecule has 0 aliphatic rings. The average molecular weight is 374 g/mol. The summed E-state index contributed by atoms with van der Waals surface area (Å²) in [4.78, 5) is 0.0759.